The Morgan fingerprint density at radius 3 is 2.62 bits per heavy atom. The van der Waals surface area contributed by atoms with Crippen LogP contribution in [0.4, 0.5) is 0 Å². The van der Waals surface area contributed by atoms with Gasteiger partial charge in [-0.3, -0.25) is 4.79 Å². The second-order valence-electron chi connectivity index (χ2n) is 7.39. The van der Waals surface area contributed by atoms with Gasteiger partial charge in [-0.1, -0.05) is 75.4 Å². The highest BCUT2D eigenvalue weighted by Crippen LogP contribution is 2.41. The van der Waals surface area contributed by atoms with Crippen LogP contribution in [0.1, 0.15) is 70.3 Å². The van der Waals surface area contributed by atoms with E-state index < -0.39 is 0 Å². The predicted molar refractivity (Wildman–Crippen MR) is 102 cm³/mol. The maximum absolute atomic E-state index is 13.2. The van der Waals surface area contributed by atoms with Crippen molar-refractivity contribution in [3.63, 3.8) is 0 Å². The van der Waals surface area contributed by atoms with Gasteiger partial charge in [0.15, 0.2) is 5.78 Å². The maximum Gasteiger partial charge on any atom is 0.166 e. The van der Waals surface area contributed by atoms with Crippen molar-refractivity contribution in [2.75, 3.05) is 0 Å². The van der Waals surface area contributed by atoms with Gasteiger partial charge in [0.1, 0.15) is 0 Å². The van der Waals surface area contributed by atoms with Gasteiger partial charge in [-0.2, -0.15) is 0 Å². The molecule has 1 saturated carbocycles. The highest BCUT2D eigenvalue weighted by molar-refractivity contribution is 6.06. The van der Waals surface area contributed by atoms with Crippen molar-refractivity contribution in [3.8, 4) is 0 Å². The van der Waals surface area contributed by atoms with E-state index in [1.807, 2.05) is 18.2 Å². The minimum atomic E-state index is 0.244. The fourth-order valence-corrected chi connectivity index (χ4v) is 4.23. The highest BCUT2D eigenvalue weighted by Gasteiger charge is 2.36. The molecule has 3 rings (SSSR count). The summed E-state index contributed by atoms with van der Waals surface area (Å²) < 4.78 is 0. The van der Waals surface area contributed by atoms with E-state index in [0.29, 0.717) is 11.7 Å². The lowest BCUT2D eigenvalue weighted by Gasteiger charge is -2.34. The molecule has 0 saturated heterocycles. The Bertz CT molecular complexity index is 608. The molecular weight excluding hydrogens is 292 g/mol. The van der Waals surface area contributed by atoms with Crippen LogP contribution in [0.2, 0.25) is 0 Å². The molecule has 128 valence electrons. The molecule has 1 aromatic carbocycles. The quantitative estimate of drug-likeness (QED) is 0.440. The summed E-state index contributed by atoms with van der Waals surface area (Å²) >= 11 is 0. The molecule has 0 amide bonds. The zero-order chi connectivity index (χ0) is 16.8. The third-order valence-electron chi connectivity index (χ3n) is 5.59. The van der Waals surface area contributed by atoms with Gasteiger partial charge in [0.05, 0.1) is 0 Å². The van der Waals surface area contributed by atoms with Gasteiger partial charge in [0, 0.05) is 11.5 Å². The molecule has 2 atom stereocenters. The number of ketones is 1. The van der Waals surface area contributed by atoms with E-state index in [9.17, 15) is 4.79 Å². The maximum atomic E-state index is 13.2. The second kappa shape index (κ2) is 8.46. The van der Waals surface area contributed by atoms with Crippen LogP contribution in [0.15, 0.2) is 47.6 Å². The average molecular weight is 322 g/mol. The first-order valence-electron chi connectivity index (χ1n) is 9.81. The molecule has 2 unspecified atom stereocenters. The third kappa shape index (κ3) is 4.06. The number of fused-ring (bicyclic) bond motifs is 1. The van der Waals surface area contributed by atoms with Gasteiger partial charge in [-0.05, 0) is 48.8 Å². The van der Waals surface area contributed by atoms with Crippen molar-refractivity contribution in [2.24, 2.45) is 11.8 Å². The van der Waals surface area contributed by atoms with Gasteiger partial charge in [-0.25, -0.2) is 0 Å². The van der Waals surface area contributed by atoms with Crippen molar-refractivity contribution in [1.29, 1.82) is 0 Å². The SMILES string of the molecule is CCCCCCC1=CC2CCCCC2C(=O)/C1=C/c1ccccc1. The Kier molecular flexibility index (Phi) is 6.07. The summed E-state index contributed by atoms with van der Waals surface area (Å²) in [6.07, 6.45) is 15.5. The summed E-state index contributed by atoms with van der Waals surface area (Å²) in [6.45, 7) is 2.25. The molecule has 1 heteroatoms. The van der Waals surface area contributed by atoms with Crippen molar-refractivity contribution in [3.05, 3.63) is 53.1 Å². The van der Waals surface area contributed by atoms with E-state index in [1.54, 1.807) is 0 Å². The standard InChI is InChI=1S/C23H30O/c1-2-3-4-8-13-20-17-19-14-9-10-15-21(19)23(24)22(20)16-18-11-6-5-7-12-18/h5-7,11-12,16-17,19,21H,2-4,8-10,13-15H2,1H3/b22-16+. The minimum absolute atomic E-state index is 0.244. The fraction of sp³-hybridized carbons (Fsp3) is 0.522. The Hall–Kier alpha value is -1.63. The number of allylic oxidation sites excluding steroid dienone is 3. The largest absolute Gasteiger partial charge is 0.294 e. The van der Waals surface area contributed by atoms with E-state index in [1.165, 1.54) is 50.5 Å². The van der Waals surface area contributed by atoms with E-state index in [-0.39, 0.29) is 5.92 Å². The number of hydrogen-bond acceptors (Lipinski definition) is 1. The molecule has 2 aliphatic carbocycles. The number of benzene rings is 1. The van der Waals surface area contributed by atoms with Crippen molar-refractivity contribution in [2.45, 2.75) is 64.7 Å². The van der Waals surface area contributed by atoms with Crippen LogP contribution in [0.3, 0.4) is 0 Å². The van der Waals surface area contributed by atoms with Crippen LogP contribution in [0.25, 0.3) is 6.08 Å². The average Bonchev–Trinajstić information content (AvgIpc) is 2.62. The van der Waals surface area contributed by atoms with Crippen LogP contribution in [0, 0.1) is 11.8 Å². The van der Waals surface area contributed by atoms with E-state index in [2.05, 4.69) is 31.2 Å². The van der Waals surface area contributed by atoms with Gasteiger partial charge < -0.3 is 0 Å². The number of carbonyl (C=O) groups is 1. The fourth-order valence-electron chi connectivity index (χ4n) is 4.23. The summed E-state index contributed by atoms with van der Waals surface area (Å²) in [5.74, 6) is 1.16. The molecule has 24 heavy (non-hydrogen) atoms. The zero-order valence-corrected chi connectivity index (χ0v) is 15.0. The highest BCUT2D eigenvalue weighted by atomic mass is 16.1. The molecule has 1 aromatic rings. The lowest BCUT2D eigenvalue weighted by Crippen LogP contribution is -2.31. The molecular formula is C23H30O. The summed E-state index contributed by atoms with van der Waals surface area (Å²) in [4.78, 5) is 13.2. The Labute approximate surface area is 146 Å². The zero-order valence-electron chi connectivity index (χ0n) is 15.0. The Balaban J connectivity index is 1.86. The molecule has 1 nitrogen and oxygen atoms in total. The summed E-state index contributed by atoms with van der Waals surface area (Å²) in [5.41, 5.74) is 3.47. The van der Waals surface area contributed by atoms with Gasteiger partial charge in [0.2, 0.25) is 0 Å². The number of unbranched alkanes of at least 4 members (excludes halogenated alkanes) is 3. The molecule has 1 fully saturated rings. The molecule has 0 bridgehead atoms. The first-order valence-corrected chi connectivity index (χ1v) is 9.81. The molecule has 2 aliphatic rings. The molecule has 0 heterocycles. The van der Waals surface area contributed by atoms with Gasteiger partial charge in [-0.15, -0.1) is 0 Å². The number of rotatable bonds is 6. The van der Waals surface area contributed by atoms with Crippen molar-refractivity contribution >= 4 is 11.9 Å². The van der Waals surface area contributed by atoms with E-state index >= 15 is 0 Å². The second-order valence-corrected chi connectivity index (χ2v) is 7.39. The van der Waals surface area contributed by atoms with E-state index in [4.69, 9.17) is 0 Å². The minimum Gasteiger partial charge on any atom is -0.294 e. The van der Waals surface area contributed by atoms with E-state index in [0.717, 1.165) is 24.0 Å². The Morgan fingerprint density at radius 2 is 1.83 bits per heavy atom. The lowest BCUT2D eigenvalue weighted by molar-refractivity contribution is -0.121. The molecule has 0 radical (unpaired) electrons. The lowest BCUT2D eigenvalue weighted by atomic mass is 9.69. The van der Waals surface area contributed by atoms with Crippen LogP contribution in [-0.4, -0.2) is 5.78 Å². The smallest absolute Gasteiger partial charge is 0.166 e. The summed E-state index contributed by atoms with van der Waals surface area (Å²) in [7, 11) is 0. The third-order valence-corrected chi connectivity index (χ3v) is 5.59. The topological polar surface area (TPSA) is 17.1 Å². The Morgan fingerprint density at radius 1 is 1.04 bits per heavy atom. The predicted octanol–water partition coefficient (Wildman–Crippen LogP) is 6.36. The van der Waals surface area contributed by atoms with Gasteiger partial charge >= 0.3 is 0 Å². The first-order chi connectivity index (χ1) is 11.8. The van der Waals surface area contributed by atoms with Gasteiger partial charge in [0.25, 0.3) is 0 Å². The monoisotopic (exact) mass is 322 g/mol. The summed E-state index contributed by atoms with van der Waals surface area (Å²) in [6, 6.07) is 10.3. The summed E-state index contributed by atoms with van der Waals surface area (Å²) in [5, 5.41) is 0. The molecule has 0 aliphatic heterocycles. The molecule has 0 aromatic heterocycles. The molecule has 0 spiro atoms. The molecule has 0 N–H and O–H groups in total. The van der Waals surface area contributed by atoms with Crippen molar-refractivity contribution in [1.82, 2.24) is 0 Å². The normalized spacial score (nSPS) is 25.5. The number of hydrogen-bond donors (Lipinski definition) is 0. The van der Waals surface area contributed by atoms with Crippen LogP contribution < -0.4 is 0 Å². The van der Waals surface area contributed by atoms with Crippen LogP contribution in [0.5, 0.6) is 0 Å². The van der Waals surface area contributed by atoms with Crippen LogP contribution >= 0.6 is 0 Å². The van der Waals surface area contributed by atoms with Crippen molar-refractivity contribution < 1.29 is 4.79 Å². The first kappa shape index (κ1) is 17.2. The van der Waals surface area contributed by atoms with Crippen LogP contribution in [-0.2, 0) is 4.79 Å². The number of carbonyl (C=O) groups excluding carboxylic acids is 1. The number of Topliss-reactive ketones (excluding diaryl/α,β-unsaturated/α-hetero) is 1.